The Balaban J connectivity index is 0.000000423. The molecule has 1 unspecified atom stereocenters. The molecule has 3 rings (SSSR count). The van der Waals surface area contributed by atoms with Crippen LogP contribution in [0, 0.1) is 11.2 Å². The van der Waals surface area contributed by atoms with Gasteiger partial charge >= 0.3 is 12.1 Å². The van der Waals surface area contributed by atoms with Crippen LogP contribution in [0.15, 0.2) is 18.5 Å². The number of aromatic nitrogens is 1. The molecule has 1 aromatic rings. The Labute approximate surface area is 176 Å². The standard InChI is InChI=1S/C17H24FN3O3.C2HF3O2/c1-23-8-6-20-5-3-17(11-20)12-21(7-9-24-13-17)16(22)14-2-4-19-10-15(14)18;3-2(4,5)1(6)7/h2,4,10H,3,5-9,11-13H2,1H3;(H,6,7). The van der Waals surface area contributed by atoms with Crippen LogP contribution in [0.5, 0.6) is 0 Å². The third-order valence-corrected chi connectivity index (χ3v) is 5.10. The number of likely N-dealkylation sites (tertiary alicyclic amines) is 1. The van der Waals surface area contributed by atoms with Crippen LogP contribution in [0.1, 0.15) is 16.8 Å². The Morgan fingerprint density at radius 3 is 2.65 bits per heavy atom. The van der Waals surface area contributed by atoms with Gasteiger partial charge in [-0.15, -0.1) is 0 Å². The highest BCUT2D eigenvalue weighted by molar-refractivity contribution is 5.94. The highest BCUT2D eigenvalue weighted by atomic mass is 19.4. The molecule has 31 heavy (non-hydrogen) atoms. The molecule has 1 spiro atoms. The first-order chi connectivity index (χ1) is 14.6. The zero-order chi connectivity index (χ0) is 23.1. The maximum absolute atomic E-state index is 13.9. The van der Waals surface area contributed by atoms with Crippen LogP contribution in [0.2, 0.25) is 0 Å². The Morgan fingerprint density at radius 1 is 1.32 bits per heavy atom. The van der Waals surface area contributed by atoms with E-state index in [1.807, 2.05) is 0 Å². The number of nitrogens with zero attached hydrogens (tertiary/aromatic N) is 3. The fourth-order valence-electron chi connectivity index (χ4n) is 3.57. The van der Waals surface area contributed by atoms with E-state index in [1.165, 1.54) is 12.3 Å². The highest BCUT2D eigenvalue weighted by Gasteiger charge is 2.42. The molecule has 1 atom stereocenters. The maximum atomic E-state index is 13.9. The molecule has 12 heteroatoms. The molecule has 2 saturated heterocycles. The minimum Gasteiger partial charge on any atom is -0.475 e. The molecule has 1 aromatic heterocycles. The molecule has 8 nitrogen and oxygen atoms in total. The Hall–Kier alpha value is -2.31. The van der Waals surface area contributed by atoms with Gasteiger partial charge in [0, 0.05) is 44.9 Å². The third-order valence-electron chi connectivity index (χ3n) is 5.10. The van der Waals surface area contributed by atoms with Crippen molar-refractivity contribution in [2.24, 2.45) is 5.41 Å². The number of rotatable bonds is 4. The molecule has 2 aliphatic rings. The normalized spacial score (nSPS) is 22.0. The van der Waals surface area contributed by atoms with Gasteiger partial charge in [0.25, 0.3) is 5.91 Å². The van der Waals surface area contributed by atoms with Crippen molar-refractivity contribution < 1.29 is 41.7 Å². The van der Waals surface area contributed by atoms with Crippen LogP contribution >= 0.6 is 0 Å². The SMILES string of the molecule is COCCN1CCC2(COCCN(C(=O)c3ccncc3F)C2)C1.O=C(O)C(F)(F)F. The smallest absolute Gasteiger partial charge is 0.475 e. The number of carboxylic acids is 1. The molecule has 3 heterocycles. The number of pyridine rings is 1. The molecule has 1 amide bonds. The van der Waals surface area contributed by atoms with Crippen LogP contribution in [0.25, 0.3) is 0 Å². The fourth-order valence-corrected chi connectivity index (χ4v) is 3.57. The number of alkyl halides is 3. The van der Waals surface area contributed by atoms with Crippen LogP contribution < -0.4 is 0 Å². The average Bonchev–Trinajstić information content (AvgIpc) is 2.98. The molecule has 0 aromatic carbocycles. The van der Waals surface area contributed by atoms with Crippen LogP contribution in [0.3, 0.4) is 0 Å². The van der Waals surface area contributed by atoms with Crippen molar-refractivity contribution in [3.8, 4) is 0 Å². The van der Waals surface area contributed by atoms with E-state index in [0.29, 0.717) is 32.9 Å². The van der Waals surface area contributed by atoms with Gasteiger partial charge < -0.3 is 24.4 Å². The molecular formula is C19H25F4N3O5. The first kappa shape index (κ1) is 25.0. The lowest BCUT2D eigenvalue weighted by Gasteiger charge is -2.32. The summed E-state index contributed by atoms with van der Waals surface area (Å²) in [6.45, 7) is 5.62. The van der Waals surface area contributed by atoms with Crippen molar-refractivity contribution in [2.45, 2.75) is 12.6 Å². The van der Waals surface area contributed by atoms with Gasteiger partial charge in [-0.1, -0.05) is 0 Å². The van der Waals surface area contributed by atoms with E-state index < -0.39 is 18.0 Å². The third kappa shape index (κ3) is 7.11. The predicted octanol–water partition coefficient (Wildman–Crippen LogP) is 1.66. The number of carboxylic acid groups (broad SMARTS) is 1. The van der Waals surface area contributed by atoms with Crippen molar-refractivity contribution in [3.63, 3.8) is 0 Å². The van der Waals surface area contributed by atoms with E-state index in [9.17, 15) is 22.4 Å². The minimum atomic E-state index is -5.08. The molecular weight excluding hydrogens is 426 g/mol. The number of carbonyl (C=O) groups excluding carboxylic acids is 1. The van der Waals surface area contributed by atoms with E-state index >= 15 is 0 Å². The summed E-state index contributed by atoms with van der Waals surface area (Å²) in [7, 11) is 1.70. The highest BCUT2D eigenvalue weighted by Crippen LogP contribution is 2.33. The maximum Gasteiger partial charge on any atom is 0.490 e. The van der Waals surface area contributed by atoms with Crippen molar-refractivity contribution in [2.75, 3.05) is 59.7 Å². The molecule has 0 bridgehead atoms. The number of methoxy groups -OCH3 is 1. The predicted molar refractivity (Wildman–Crippen MR) is 100.0 cm³/mol. The Kier molecular flexibility index (Phi) is 8.71. The van der Waals surface area contributed by atoms with E-state index in [2.05, 4.69) is 9.88 Å². The summed E-state index contributed by atoms with van der Waals surface area (Å²) in [5, 5.41) is 7.12. The van der Waals surface area contributed by atoms with Gasteiger partial charge in [0.2, 0.25) is 0 Å². The van der Waals surface area contributed by atoms with Gasteiger partial charge in [0.15, 0.2) is 5.82 Å². The van der Waals surface area contributed by atoms with Crippen LogP contribution in [-0.2, 0) is 14.3 Å². The van der Waals surface area contributed by atoms with Gasteiger partial charge in [-0.3, -0.25) is 9.78 Å². The van der Waals surface area contributed by atoms with Crippen molar-refractivity contribution in [3.05, 3.63) is 29.8 Å². The number of halogens is 4. The zero-order valence-electron chi connectivity index (χ0n) is 17.0. The quantitative estimate of drug-likeness (QED) is 0.697. The summed E-state index contributed by atoms with van der Waals surface area (Å²) in [5.41, 5.74) is -0.0000579. The van der Waals surface area contributed by atoms with Gasteiger partial charge in [0.1, 0.15) is 0 Å². The lowest BCUT2D eigenvalue weighted by Crippen LogP contribution is -2.43. The second kappa shape index (κ2) is 10.8. The number of hydrogen-bond donors (Lipinski definition) is 1. The average molecular weight is 451 g/mol. The van der Waals surface area contributed by atoms with Gasteiger partial charge in [-0.25, -0.2) is 9.18 Å². The van der Waals surface area contributed by atoms with Gasteiger partial charge in [0.05, 0.1) is 31.6 Å². The minimum absolute atomic E-state index is 0.0799. The van der Waals surface area contributed by atoms with E-state index in [-0.39, 0.29) is 16.9 Å². The van der Waals surface area contributed by atoms with Crippen molar-refractivity contribution in [1.29, 1.82) is 0 Å². The van der Waals surface area contributed by atoms with Crippen molar-refractivity contribution in [1.82, 2.24) is 14.8 Å². The van der Waals surface area contributed by atoms with Crippen LogP contribution in [-0.4, -0.2) is 97.6 Å². The van der Waals surface area contributed by atoms with Gasteiger partial charge in [-0.2, -0.15) is 13.2 Å². The molecule has 1 N–H and O–H groups in total. The largest absolute Gasteiger partial charge is 0.490 e. The summed E-state index contributed by atoms with van der Waals surface area (Å²) in [5.74, 6) is -3.61. The molecule has 2 aliphatic heterocycles. The van der Waals surface area contributed by atoms with Crippen molar-refractivity contribution >= 4 is 11.9 Å². The number of aliphatic carboxylic acids is 1. The van der Waals surface area contributed by atoms with E-state index in [1.54, 1.807) is 12.0 Å². The lowest BCUT2D eigenvalue weighted by molar-refractivity contribution is -0.192. The summed E-state index contributed by atoms with van der Waals surface area (Å²) in [6.07, 6.45) is -1.58. The topological polar surface area (TPSA) is 92.2 Å². The molecule has 0 saturated carbocycles. The van der Waals surface area contributed by atoms with Gasteiger partial charge in [-0.05, 0) is 19.0 Å². The summed E-state index contributed by atoms with van der Waals surface area (Å²) in [4.78, 5) is 29.4. The molecule has 0 aliphatic carbocycles. The monoisotopic (exact) mass is 451 g/mol. The zero-order valence-corrected chi connectivity index (χ0v) is 17.0. The number of carbonyl (C=O) groups is 2. The fraction of sp³-hybridized carbons (Fsp3) is 0.632. The molecule has 2 fully saturated rings. The molecule has 174 valence electrons. The Bertz CT molecular complexity index is 764. The second-order valence-corrected chi connectivity index (χ2v) is 7.46. The summed E-state index contributed by atoms with van der Waals surface area (Å²) in [6, 6.07) is 1.44. The lowest BCUT2D eigenvalue weighted by atomic mass is 9.87. The van der Waals surface area contributed by atoms with Crippen LogP contribution in [0.4, 0.5) is 17.6 Å². The number of ether oxygens (including phenoxy) is 2. The first-order valence-electron chi connectivity index (χ1n) is 9.56. The first-order valence-corrected chi connectivity index (χ1v) is 9.56. The summed E-state index contributed by atoms with van der Waals surface area (Å²) < 4.78 is 56.6. The molecule has 0 radical (unpaired) electrons. The summed E-state index contributed by atoms with van der Waals surface area (Å²) >= 11 is 0. The number of hydrogen-bond acceptors (Lipinski definition) is 6. The van der Waals surface area contributed by atoms with E-state index in [4.69, 9.17) is 19.4 Å². The number of amides is 1. The Morgan fingerprint density at radius 2 is 2.03 bits per heavy atom. The van der Waals surface area contributed by atoms with E-state index in [0.717, 1.165) is 32.3 Å². The second-order valence-electron chi connectivity index (χ2n) is 7.46.